The van der Waals surface area contributed by atoms with Crippen molar-refractivity contribution in [1.29, 1.82) is 0 Å². The molecule has 2 aromatic heterocycles. The molecule has 0 fully saturated rings. The number of hydrogen-bond acceptors (Lipinski definition) is 6. The summed E-state index contributed by atoms with van der Waals surface area (Å²) >= 11 is 2.85. The van der Waals surface area contributed by atoms with Crippen molar-refractivity contribution < 1.29 is 4.92 Å². The lowest BCUT2D eigenvalue weighted by Gasteiger charge is -2.12. The summed E-state index contributed by atoms with van der Waals surface area (Å²) in [5.74, 6) is 0.564. The Morgan fingerprint density at radius 2 is 1.79 bits per heavy atom. The van der Waals surface area contributed by atoms with Crippen LogP contribution >= 0.6 is 23.1 Å². The highest BCUT2D eigenvalue weighted by molar-refractivity contribution is 7.98. The van der Waals surface area contributed by atoms with Crippen molar-refractivity contribution in [3.05, 3.63) is 97.6 Å². The van der Waals surface area contributed by atoms with Crippen molar-refractivity contribution in [2.45, 2.75) is 17.5 Å². The van der Waals surface area contributed by atoms with Crippen LogP contribution in [-0.4, -0.2) is 14.5 Å². The molecule has 0 bridgehead atoms. The Bertz CT molecular complexity index is 1190. The van der Waals surface area contributed by atoms with Crippen LogP contribution < -0.4 is 5.56 Å². The number of nitrogens with zero attached hydrogens (tertiary/aromatic N) is 3. The van der Waals surface area contributed by atoms with Crippen molar-refractivity contribution in [2.75, 3.05) is 0 Å². The third kappa shape index (κ3) is 3.83. The van der Waals surface area contributed by atoms with Gasteiger partial charge in [-0.15, -0.1) is 11.3 Å². The van der Waals surface area contributed by atoms with E-state index in [1.165, 1.54) is 35.2 Å². The molecule has 0 radical (unpaired) electrons. The molecule has 0 aliphatic rings. The Kier molecular flexibility index (Phi) is 5.23. The van der Waals surface area contributed by atoms with Gasteiger partial charge in [0.15, 0.2) is 5.16 Å². The summed E-state index contributed by atoms with van der Waals surface area (Å²) in [4.78, 5) is 28.1. The molecule has 6 nitrogen and oxygen atoms in total. The van der Waals surface area contributed by atoms with Crippen LogP contribution in [0.5, 0.6) is 0 Å². The number of nitro groups is 1. The molecule has 0 saturated heterocycles. The molecule has 0 amide bonds. The lowest BCUT2D eigenvalue weighted by atomic mass is 10.2. The maximum atomic E-state index is 13.0. The summed E-state index contributed by atoms with van der Waals surface area (Å²) in [5.41, 5.74) is 2.68. The summed E-state index contributed by atoms with van der Waals surface area (Å²) in [5, 5.41) is 13.3. The Hall–Kier alpha value is -2.97. The monoisotopic (exact) mass is 409 g/mol. The second-order valence-corrected chi connectivity index (χ2v) is 7.98. The summed E-state index contributed by atoms with van der Waals surface area (Å²) in [6.45, 7) is 0.448. The predicted octanol–water partition coefficient (Wildman–Crippen LogP) is 4.71. The van der Waals surface area contributed by atoms with Crippen LogP contribution in [0.15, 0.2) is 76.0 Å². The molecular formula is C20H15N3O3S2. The van der Waals surface area contributed by atoms with Crippen molar-refractivity contribution in [1.82, 2.24) is 9.55 Å². The normalized spacial score (nSPS) is 11.0. The van der Waals surface area contributed by atoms with Crippen LogP contribution in [0.25, 0.3) is 10.2 Å². The maximum Gasteiger partial charge on any atom is 0.272 e. The molecule has 0 spiro atoms. The van der Waals surface area contributed by atoms with Crippen LogP contribution in [0.3, 0.4) is 0 Å². The molecule has 28 heavy (non-hydrogen) atoms. The Balaban J connectivity index is 1.65. The number of nitro benzene ring substituents is 1. The van der Waals surface area contributed by atoms with E-state index >= 15 is 0 Å². The Morgan fingerprint density at radius 1 is 1.04 bits per heavy atom. The number of thioether (sulfide) groups is 1. The summed E-state index contributed by atoms with van der Waals surface area (Å²) in [7, 11) is 0. The van der Waals surface area contributed by atoms with Gasteiger partial charge >= 0.3 is 0 Å². The van der Waals surface area contributed by atoms with Gasteiger partial charge in [0.25, 0.3) is 11.2 Å². The van der Waals surface area contributed by atoms with Crippen molar-refractivity contribution in [2.24, 2.45) is 0 Å². The fourth-order valence-corrected chi connectivity index (χ4v) is 4.53. The highest BCUT2D eigenvalue weighted by Gasteiger charge is 2.14. The maximum absolute atomic E-state index is 13.0. The molecule has 0 aliphatic heterocycles. The number of hydrogen-bond donors (Lipinski definition) is 0. The molecule has 0 unspecified atom stereocenters. The number of non-ortho nitro benzene ring substituents is 1. The molecule has 4 aromatic rings. The lowest BCUT2D eigenvalue weighted by molar-refractivity contribution is -0.384. The first-order chi connectivity index (χ1) is 13.6. The molecular weight excluding hydrogens is 394 g/mol. The second kappa shape index (κ2) is 7.95. The first-order valence-electron chi connectivity index (χ1n) is 8.50. The molecule has 2 heterocycles. The first-order valence-corrected chi connectivity index (χ1v) is 10.4. The Labute approximate surface area is 168 Å². The number of thiophene rings is 1. The molecule has 0 N–H and O–H groups in total. The van der Waals surface area contributed by atoms with E-state index in [0.717, 1.165) is 11.1 Å². The largest absolute Gasteiger partial charge is 0.282 e. The quantitative estimate of drug-likeness (QED) is 0.199. The smallest absolute Gasteiger partial charge is 0.272 e. The van der Waals surface area contributed by atoms with Gasteiger partial charge in [-0.1, -0.05) is 54.2 Å². The zero-order valence-electron chi connectivity index (χ0n) is 14.6. The minimum atomic E-state index is -0.416. The van der Waals surface area contributed by atoms with Gasteiger partial charge in [0.2, 0.25) is 0 Å². The SMILES string of the molecule is O=c1c2sccc2nc(SCc2ccc([N+](=O)[O-])cc2)n1Cc1ccccc1. The van der Waals surface area contributed by atoms with Crippen LogP contribution in [0.4, 0.5) is 5.69 Å². The highest BCUT2D eigenvalue weighted by atomic mass is 32.2. The first kappa shape index (κ1) is 18.4. The van der Waals surface area contributed by atoms with Crippen molar-refractivity contribution in [3.63, 3.8) is 0 Å². The van der Waals surface area contributed by atoms with Gasteiger partial charge in [-0.2, -0.15) is 0 Å². The van der Waals surface area contributed by atoms with Gasteiger partial charge in [0.1, 0.15) is 4.70 Å². The molecule has 8 heteroatoms. The number of benzene rings is 2. The highest BCUT2D eigenvalue weighted by Crippen LogP contribution is 2.25. The van der Waals surface area contributed by atoms with E-state index in [0.29, 0.717) is 27.7 Å². The third-order valence-corrected chi connectivity index (χ3v) is 6.17. The van der Waals surface area contributed by atoms with E-state index < -0.39 is 4.92 Å². The fraction of sp³-hybridized carbons (Fsp3) is 0.100. The predicted molar refractivity (Wildman–Crippen MR) is 112 cm³/mol. The minimum absolute atomic E-state index is 0.0462. The molecule has 0 atom stereocenters. The van der Waals surface area contributed by atoms with Crippen LogP contribution in [0.2, 0.25) is 0 Å². The standard InChI is InChI=1S/C20H15N3O3S2/c24-19-18-17(10-11-27-18)21-20(22(19)12-14-4-2-1-3-5-14)28-13-15-6-8-16(9-7-15)23(25)26/h1-11H,12-13H2. The van der Waals surface area contributed by atoms with E-state index in [2.05, 4.69) is 4.98 Å². The summed E-state index contributed by atoms with van der Waals surface area (Å²) < 4.78 is 2.35. The topological polar surface area (TPSA) is 78.0 Å². The van der Waals surface area contributed by atoms with E-state index in [-0.39, 0.29) is 11.2 Å². The van der Waals surface area contributed by atoms with Gasteiger partial charge in [-0.25, -0.2) is 4.98 Å². The third-order valence-electron chi connectivity index (χ3n) is 4.23. The zero-order chi connectivity index (χ0) is 19.5. The lowest BCUT2D eigenvalue weighted by Crippen LogP contribution is -2.23. The zero-order valence-corrected chi connectivity index (χ0v) is 16.3. The van der Waals surface area contributed by atoms with Crippen LogP contribution in [0.1, 0.15) is 11.1 Å². The van der Waals surface area contributed by atoms with Crippen molar-refractivity contribution in [3.8, 4) is 0 Å². The van der Waals surface area contributed by atoms with Gasteiger partial charge < -0.3 is 0 Å². The van der Waals surface area contributed by atoms with Gasteiger partial charge in [-0.05, 0) is 22.6 Å². The van der Waals surface area contributed by atoms with Gasteiger partial charge in [0, 0.05) is 17.9 Å². The van der Waals surface area contributed by atoms with Crippen molar-refractivity contribution >= 4 is 39.0 Å². The van der Waals surface area contributed by atoms with Gasteiger partial charge in [0.05, 0.1) is 17.0 Å². The van der Waals surface area contributed by atoms with E-state index in [1.807, 2.05) is 41.8 Å². The number of aromatic nitrogens is 2. The van der Waals surface area contributed by atoms with Gasteiger partial charge in [-0.3, -0.25) is 19.5 Å². The van der Waals surface area contributed by atoms with Crippen LogP contribution in [-0.2, 0) is 12.3 Å². The Morgan fingerprint density at radius 3 is 2.50 bits per heavy atom. The second-order valence-electron chi connectivity index (χ2n) is 6.12. The molecule has 2 aromatic carbocycles. The number of rotatable bonds is 6. The van der Waals surface area contributed by atoms with Crippen LogP contribution in [0, 0.1) is 10.1 Å². The molecule has 4 rings (SSSR count). The van der Waals surface area contributed by atoms with E-state index in [1.54, 1.807) is 16.7 Å². The van der Waals surface area contributed by atoms with E-state index in [9.17, 15) is 14.9 Å². The van der Waals surface area contributed by atoms with E-state index in [4.69, 9.17) is 0 Å². The summed E-state index contributed by atoms with van der Waals surface area (Å²) in [6, 6.07) is 18.1. The average molecular weight is 409 g/mol. The molecule has 0 aliphatic carbocycles. The molecule has 140 valence electrons. The minimum Gasteiger partial charge on any atom is -0.282 e. The number of fused-ring (bicyclic) bond motifs is 1. The fourth-order valence-electron chi connectivity index (χ4n) is 2.80. The summed E-state index contributed by atoms with van der Waals surface area (Å²) in [6.07, 6.45) is 0. The average Bonchev–Trinajstić information content (AvgIpc) is 3.19. The molecule has 0 saturated carbocycles.